The number of alkyl halides is 8. The van der Waals surface area contributed by atoms with Gasteiger partial charge in [0.1, 0.15) is 0 Å². The van der Waals surface area contributed by atoms with Crippen LogP contribution >= 0.6 is 22.6 Å². The molecule has 15 heteroatoms. The highest BCUT2D eigenvalue weighted by atomic mass is 127. The number of hydrogen-bond acceptors (Lipinski definition) is 4. The Hall–Kier alpha value is -3.11. The van der Waals surface area contributed by atoms with E-state index in [1.807, 2.05) is 22.6 Å². The maximum Gasteiger partial charge on any atom is 0.461 e. The van der Waals surface area contributed by atoms with Gasteiger partial charge in [-0.15, -0.1) is 5.10 Å². The molecule has 1 aromatic heterocycles. The Morgan fingerprint density at radius 3 is 2.17 bits per heavy atom. The molecule has 2 amide bonds. The van der Waals surface area contributed by atoms with Crippen LogP contribution in [0.25, 0.3) is 0 Å². The van der Waals surface area contributed by atoms with Gasteiger partial charge in [0, 0.05) is 3.57 Å². The number of hydrogen-bond donors (Lipinski definition) is 0. The van der Waals surface area contributed by atoms with Gasteiger partial charge in [-0.3, -0.25) is 9.59 Å². The lowest BCUT2D eigenvalue weighted by Crippen LogP contribution is -2.37. The van der Waals surface area contributed by atoms with Crippen molar-refractivity contribution in [1.29, 1.82) is 0 Å². The van der Waals surface area contributed by atoms with Crippen molar-refractivity contribution in [2.75, 3.05) is 4.90 Å². The molecule has 4 rings (SSSR count). The van der Waals surface area contributed by atoms with Gasteiger partial charge in [-0.2, -0.15) is 35.1 Å². The van der Waals surface area contributed by atoms with Crippen LogP contribution in [0.3, 0.4) is 0 Å². The molecule has 0 radical (unpaired) electrons. The molecule has 2 aromatic carbocycles. The van der Waals surface area contributed by atoms with Gasteiger partial charge in [0.2, 0.25) is 5.82 Å². The summed E-state index contributed by atoms with van der Waals surface area (Å²) in [6, 6.07) is 8.32. The monoisotopic (exact) mass is 630 g/mol. The van der Waals surface area contributed by atoms with E-state index in [0.717, 1.165) is 4.90 Å². The number of rotatable bonds is 4. The zero-order valence-corrected chi connectivity index (χ0v) is 19.8. The van der Waals surface area contributed by atoms with E-state index in [-0.39, 0.29) is 32.6 Å². The number of amides is 2. The highest BCUT2D eigenvalue weighted by Gasteiger charge is 2.62. The van der Waals surface area contributed by atoms with Crippen LogP contribution in [0.4, 0.5) is 40.8 Å². The van der Waals surface area contributed by atoms with E-state index in [2.05, 4.69) is 10.1 Å². The molecule has 36 heavy (non-hydrogen) atoms. The van der Waals surface area contributed by atoms with Gasteiger partial charge in [-0.25, -0.2) is 14.6 Å². The molecule has 0 N–H and O–H groups in total. The molecule has 6 nitrogen and oxygen atoms in total. The third kappa shape index (κ3) is 4.22. The Balaban J connectivity index is 1.71. The lowest BCUT2D eigenvalue weighted by atomic mass is 10.1. The number of nitrogens with zero attached hydrogens (tertiary/aromatic N) is 4. The number of fused-ring (bicyclic) bond motifs is 1. The Morgan fingerprint density at radius 1 is 0.944 bits per heavy atom. The van der Waals surface area contributed by atoms with Crippen LogP contribution in [0.1, 0.15) is 43.5 Å². The number of aromatic nitrogens is 3. The lowest BCUT2D eigenvalue weighted by molar-refractivity contribution is -0.293. The van der Waals surface area contributed by atoms with Crippen molar-refractivity contribution in [2.24, 2.45) is 0 Å². The van der Waals surface area contributed by atoms with Crippen molar-refractivity contribution < 1.29 is 44.7 Å². The summed E-state index contributed by atoms with van der Waals surface area (Å²) in [5.74, 6) is -11.3. The van der Waals surface area contributed by atoms with Crippen LogP contribution in [0.2, 0.25) is 0 Å². The molecule has 1 aliphatic rings. The van der Waals surface area contributed by atoms with Crippen LogP contribution in [0.15, 0.2) is 36.4 Å². The first kappa shape index (κ1) is 26.0. The summed E-state index contributed by atoms with van der Waals surface area (Å²) >= 11 is 1.89. The van der Waals surface area contributed by atoms with Gasteiger partial charge in [0.05, 0.1) is 23.4 Å². The molecular weight excluding hydrogens is 619 g/mol. The molecule has 0 saturated heterocycles. The van der Waals surface area contributed by atoms with Crippen LogP contribution in [0, 0.1) is 10.5 Å². The number of aryl methyl sites for hydroxylation is 1. The van der Waals surface area contributed by atoms with E-state index in [1.54, 1.807) is 12.1 Å². The van der Waals surface area contributed by atoms with Crippen molar-refractivity contribution in [3.63, 3.8) is 0 Å². The molecule has 1 aliphatic heterocycles. The molecule has 0 bridgehead atoms. The smallest absolute Gasteiger partial charge is 0.268 e. The number of anilines is 1. The summed E-state index contributed by atoms with van der Waals surface area (Å²) in [5.41, 5.74) is 0.665. The third-order valence-electron chi connectivity index (χ3n) is 5.26. The second kappa shape index (κ2) is 8.48. The number of carbonyl (C=O) groups is 2. The van der Waals surface area contributed by atoms with Crippen LogP contribution in [-0.2, 0) is 18.6 Å². The number of carbonyl (C=O) groups excluding carboxylic acids is 2. The first-order chi connectivity index (χ1) is 16.5. The molecule has 190 valence electrons. The zero-order chi connectivity index (χ0) is 26.8. The first-order valence-electron chi connectivity index (χ1n) is 9.78. The topological polar surface area (TPSA) is 68.1 Å². The van der Waals surface area contributed by atoms with Crippen molar-refractivity contribution in [3.8, 4) is 0 Å². The normalized spacial score (nSPS) is 14.6. The SMILES string of the molecule is Cc1cc(Cn2nc(C(F)(F)F)nc2C(F)(F)C(F)(F)F)ccc1N1C(=O)c2cccc(I)c2C1=O. The lowest BCUT2D eigenvalue weighted by Gasteiger charge is -2.20. The van der Waals surface area contributed by atoms with Crippen LogP contribution < -0.4 is 4.90 Å². The number of imide groups is 1. The van der Waals surface area contributed by atoms with Gasteiger partial charge in [0.15, 0.2) is 0 Å². The Morgan fingerprint density at radius 2 is 1.61 bits per heavy atom. The van der Waals surface area contributed by atoms with Gasteiger partial charge < -0.3 is 0 Å². The van der Waals surface area contributed by atoms with E-state index < -0.39 is 48.3 Å². The largest absolute Gasteiger partial charge is 0.461 e. The minimum atomic E-state index is -6.22. The van der Waals surface area contributed by atoms with Crippen LogP contribution in [-0.4, -0.2) is 32.8 Å². The summed E-state index contributed by atoms with van der Waals surface area (Å²) < 4.78 is 106. The Kier molecular flexibility index (Phi) is 6.12. The molecule has 0 aliphatic carbocycles. The molecule has 0 unspecified atom stereocenters. The minimum Gasteiger partial charge on any atom is -0.268 e. The van der Waals surface area contributed by atoms with Crippen molar-refractivity contribution >= 4 is 40.1 Å². The summed E-state index contributed by atoms with van der Waals surface area (Å²) in [5, 5.41) is 2.83. The fourth-order valence-corrected chi connectivity index (χ4v) is 4.36. The van der Waals surface area contributed by atoms with Crippen molar-refractivity contribution in [3.05, 3.63) is 73.9 Å². The van der Waals surface area contributed by atoms with Gasteiger partial charge in [-0.1, -0.05) is 18.2 Å². The molecular formula is C21H11F8IN4O2. The van der Waals surface area contributed by atoms with E-state index in [1.165, 1.54) is 31.2 Å². The third-order valence-corrected chi connectivity index (χ3v) is 6.16. The van der Waals surface area contributed by atoms with E-state index in [4.69, 9.17) is 0 Å². The number of benzene rings is 2. The quantitative estimate of drug-likeness (QED) is 0.211. The van der Waals surface area contributed by atoms with E-state index in [0.29, 0.717) is 3.57 Å². The van der Waals surface area contributed by atoms with E-state index in [9.17, 15) is 44.7 Å². The fourth-order valence-electron chi connectivity index (χ4n) is 3.63. The summed E-state index contributed by atoms with van der Waals surface area (Å²) in [7, 11) is 0. The average molecular weight is 630 g/mol. The standard InChI is InChI=1S/C21H11F8IN4O2/c1-9-7-10(5-6-13(9)34-15(35)11-3-2-4-12(30)14(11)16(34)36)8-33-18(19(22,23)21(27,28)29)31-17(32-33)20(24,25)26/h2-7H,8H2,1H3. The summed E-state index contributed by atoms with van der Waals surface area (Å²) in [6.07, 6.45) is -11.6. The van der Waals surface area contributed by atoms with Crippen molar-refractivity contribution in [1.82, 2.24) is 14.8 Å². The highest BCUT2D eigenvalue weighted by Crippen LogP contribution is 2.44. The number of halogens is 9. The van der Waals surface area contributed by atoms with Gasteiger partial charge in [-0.05, 0) is 58.8 Å². The van der Waals surface area contributed by atoms with Crippen LogP contribution in [0.5, 0.6) is 0 Å². The second-order valence-corrected chi connectivity index (χ2v) is 8.88. The van der Waals surface area contributed by atoms with Crippen molar-refractivity contribution in [2.45, 2.75) is 31.7 Å². The second-order valence-electron chi connectivity index (χ2n) is 7.72. The predicted molar refractivity (Wildman–Crippen MR) is 116 cm³/mol. The van der Waals surface area contributed by atoms with Gasteiger partial charge in [0.25, 0.3) is 17.6 Å². The highest BCUT2D eigenvalue weighted by molar-refractivity contribution is 14.1. The molecule has 0 saturated carbocycles. The first-order valence-corrected chi connectivity index (χ1v) is 10.9. The summed E-state index contributed by atoms with van der Waals surface area (Å²) in [6.45, 7) is 0.506. The summed E-state index contributed by atoms with van der Waals surface area (Å²) in [4.78, 5) is 29.0. The maximum absolute atomic E-state index is 13.9. The Bertz CT molecular complexity index is 1400. The molecule has 3 aromatic rings. The molecule has 0 atom stereocenters. The minimum absolute atomic E-state index is 0.0275. The zero-order valence-electron chi connectivity index (χ0n) is 17.7. The molecule has 2 heterocycles. The average Bonchev–Trinajstić information content (AvgIpc) is 3.29. The fraction of sp³-hybridized carbons (Fsp3) is 0.238. The molecule has 0 spiro atoms. The predicted octanol–water partition coefficient (Wildman–Crippen LogP) is 5.71. The Labute approximate surface area is 210 Å². The molecule has 0 fully saturated rings. The van der Waals surface area contributed by atoms with Gasteiger partial charge >= 0.3 is 18.3 Å². The van der Waals surface area contributed by atoms with E-state index >= 15 is 0 Å². The maximum atomic E-state index is 13.9.